The van der Waals surface area contributed by atoms with Gasteiger partial charge in [-0.3, -0.25) is 9.97 Å². The number of hydrogen-bond donors (Lipinski definition) is 0. The van der Waals surface area contributed by atoms with Gasteiger partial charge >= 0.3 is 0 Å². The summed E-state index contributed by atoms with van der Waals surface area (Å²) in [6.07, 6.45) is 3.92. The number of benzene rings is 5. The maximum absolute atomic E-state index is 6.35. The van der Waals surface area contributed by atoms with Crippen LogP contribution < -0.4 is 0 Å². The number of hydrogen-bond acceptors (Lipinski definition) is 6. The van der Waals surface area contributed by atoms with Gasteiger partial charge in [-0.25, -0.2) is 9.98 Å². The molecule has 59 heavy (non-hydrogen) atoms. The number of rotatable bonds is 6. The highest BCUT2D eigenvalue weighted by atomic mass is 16.5. The molecule has 1 aliphatic carbocycles. The SMILES string of the molecule is CC1(C)N=C(c2ccc(-c3ccc4c(c3)C(c3ccccc3)(c3ccccc3)c3cc(-c5ccc(C6=NC(C)(C)C(C)(C)O6)nc5)c5ccccc5c3-4)cn2)OC1(C)C. The van der Waals surface area contributed by atoms with Crippen LogP contribution in [0.15, 0.2) is 156 Å². The minimum atomic E-state index is -0.629. The monoisotopic (exact) mass is 772 g/mol. The molecule has 7 aromatic rings. The number of pyridine rings is 2. The Kier molecular flexibility index (Phi) is 8.01. The maximum Gasteiger partial charge on any atom is 0.236 e. The maximum atomic E-state index is 6.35. The third-order valence-electron chi connectivity index (χ3n) is 13.6. The van der Waals surface area contributed by atoms with Crippen molar-refractivity contribution in [2.45, 2.75) is 83.1 Å². The van der Waals surface area contributed by atoms with Gasteiger partial charge in [-0.05, 0) is 135 Å². The minimum absolute atomic E-state index is 0.353. The van der Waals surface area contributed by atoms with Crippen molar-refractivity contribution in [2.24, 2.45) is 9.98 Å². The van der Waals surface area contributed by atoms with E-state index in [1.165, 1.54) is 44.2 Å². The van der Waals surface area contributed by atoms with Crippen molar-refractivity contribution in [1.82, 2.24) is 9.97 Å². The molecule has 0 saturated heterocycles. The molecule has 2 aromatic heterocycles. The van der Waals surface area contributed by atoms with Crippen LogP contribution in [-0.4, -0.2) is 44.0 Å². The van der Waals surface area contributed by atoms with E-state index in [2.05, 4.69) is 177 Å². The van der Waals surface area contributed by atoms with Crippen molar-refractivity contribution >= 4 is 22.6 Å². The molecule has 0 spiro atoms. The molecule has 5 aromatic carbocycles. The minimum Gasteiger partial charge on any atom is -0.468 e. The fourth-order valence-electron chi connectivity index (χ4n) is 8.91. The van der Waals surface area contributed by atoms with Crippen LogP contribution in [0.1, 0.15) is 89.0 Å². The van der Waals surface area contributed by atoms with Crippen LogP contribution in [0, 0.1) is 0 Å². The summed E-state index contributed by atoms with van der Waals surface area (Å²) in [5.74, 6) is 1.17. The lowest BCUT2D eigenvalue weighted by Gasteiger charge is -2.34. The van der Waals surface area contributed by atoms with Gasteiger partial charge in [0.25, 0.3) is 0 Å². The van der Waals surface area contributed by atoms with E-state index < -0.39 is 16.6 Å². The summed E-state index contributed by atoms with van der Waals surface area (Å²) in [5, 5.41) is 2.38. The fourth-order valence-corrected chi connectivity index (χ4v) is 8.91. The van der Waals surface area contributed by atoms with E-state index in [9.17, 15) is 0 Å². The summed E-state index contributed by atoms with van der Waals surface area (Å²) >= 11 is 0. The summed E-state index contributed by atoms with van der Waals surface area (Å²) in [4.78, 5) is 19.7. The van der Waals surface area contributed by atoms with Crippen molar-refractivity contribution in [3.05, 3.63) is 179 Å². The average Bonchev–Trinajstić information content (AvgIpc) is 3.75. The molecule has 10 rings (SSSR count). The van der Waals surface area contributed by atoms with Crippen LogP contribution >= 0.6 is 0 Å². The van der Waals surface area contributed by atoms with E-state index in [0.29, 0.717) is 11.8 Å². The molecule has 0 saturated carbocycles. The first-order valence-electron chi connectivity index (χ1n) is 20.5. The van der Waals surface area contributed by atoms with Gasteiger partial charge in [0.15, 0.2) is 0 Å². The van der Waals surface area contributed by atoms with Crippen molar-refractivity contribution in [1.29, 1.82) is 0 Å². The fraction of sp³-hybridized carbons (Fsp3) is 0.245. The number of fused-ring (bicyclic) bond motifs is 5. The largest absolute Gasteiger partial charge is 0.468 e. The quantitative estimate of drug-likeness (QED) is 0.169. The molecular formula is C53H48N4O2. The van der Waals surface area contributed by atoms with Gasteiger partial charge in [0.1, 0.15) is 22.6 Å². The van der Waals surface area contributed by atoms with Crippen molar-refractivity contribution < 1.29 is 9.47 Å². The van der Waals surface area contributed by atoms with Crippen LogP contribution in [-0.2, 0) is 14.9 Å². The van der Waals surface area contributed by atoms with Crippen molar-refractivity contribution in [2.75, 3.05) is 0 Å². The molecular weight excluding hydrogens is 725 g/mol. The summed E-state index contributed by atoms with van der Waals surface area (Å²) < 4.78 is 12.7. The lowest BCUT2D eigenvalue weighted by Crippen LogP contribution is -2.41. The molecule has 4 heterocycles. The second kappa shape index (κ2) is 12.8. The van der Waals surface area contributed by atoms with Crippen LogP contribution in [0.5, 0.6) is 0 Å². The normalized spacial score (nSPS) is 18.6. The molecule has 0 atom stereocenters. The summed E-state index contributed by atoms with van der Waals surface area (Å²) in [5.41, 5.74) is 10.9. The Hall–Kier alpha value is -6.40. The zero-order valence-electron chi connectivity index (χ0n) is 35.0. The Labute approximate surface area is 346 Å². The Morgan fingerprint density at radius 1 is 0.424 bits per heavy atom. The third-order valence-corrected chi connectivity index (χ3v) is 13.6. The Bertz CT molecular complexity index is 2810. The van der Waals surface area contributed by atoms with Gasteiger partial charge in [0, 0.05) is 23.5 Å². The van der Waals surface area contributed by atoms with Crippen molar-refractivity contribution in [3.8, 4) is 33.4 Å². The smallest absolute Gasteiger partial charge is 0.236 e. The van der Waals surface area contributed by atoms with E-state index in [-0.39, 0.29) is 11.1 Å². The first-order chi connectivity index (χ1) is 28.2. The van der Waals surface area contributed by atoms with Crippen LogP contribution in [0.25, 0.3) is 44.2 Å². The predicted octanol–water partition coefficient (Wildman–Crippen LogP) is 12.0. The molecule has 0 bridgehead atoms. The molecule has 292 valence electrons. The highest BCUT2D eigenvalue weighted by Gasteiger charge is 2.49. The first kappa shape index (κ1) is 36.9. The second-order valence-electron chi connectivity index (χ2n) is 18.2. The van der Waals surface area contributed by atoms with Gasteiger partial charge in [-0.1, -0.05) is 109 Å². The Balaban J connectivity index is 1.17. The van der Waals surface area contributed by atoms with Gasteiger partial charge in [0.2, 0.25) is 11.8 Å². The molecule has 3 aliphatic rings. The zero-order chi connectivity index (χ0) is 41.0. The van der Waals surface area contributed by atoms with Crippen LogP contribution in [0.3, 0.4) is 0 Å². The number of aromatic nitrogens is 2. The van der Waals surface area contributed by atoms with Crippen molar-refractivity contribution in [3.63, 3.8) is 0 Å². The van der Waals surface area contributed by atoms with E-state index in [1.807, 2.05) is 24.5 Å². The lowest BCUT2D eigenvalue weighted by atomic mass is 9.67. The summed E-state index contributed by atoms with van der Waals surface area (Å²) in [6, 6.07) is 48.4. The Morgan fingerprint density at radius 2 is 0.915 bits per heavy atom. The number of ether oxygens (including phenoxy) is 2. The van der Waals surface area contributed by atoms with Gasteiger partial charge in [0.05, 0.1) is 16.5 Å². The van der Waals surface area contributed by atoms with E-state index >= 15 is 0 Å². The topological polar surface area (TPSA) is 69.0 Å². The van der Waals surface area contributed by atoms with E-state index in [4.69, 9.17) is 29.4 Å². The number of nitrogens with zero attached hydrogens (tertiary/aromatic N) is 4. The third kappa shape index (κ3) is 5.52. The molecule has 0 amide bonds. The van der Waals surface area contributed by atoms with Gasteiger partial charge < -0.3 is 9.47 Å². The molecule has 0 unspecified atom stereocenters. The van der Waals surface area contributed by atoms with Crippen LogP contribution in [0.4, 0.5) is 0 Å². The zero-order valence-corrected chi connectivity index (χ0v) is 35.0. The highest BCUT2D eigenvalue weighted by molar-refractivity contribution is 6.10. The highest BCUT2D eigenvalue weighted by Crippen LogP contribution is 2.59. The van der Waals surface area contributed by atoms with Gasteiger partial charge in [-0.15, -0.1) is 0 Å². The molecule has 6 nitrogen and oxygen atoms in total. The first-order valence-corrected chi connectivity index (χ1v) is 20.5. The summed E-state index contributed by atoms with van der Waals surface area (Å²) in [6.45, 7) is 16.7. The van der Waals surface area contributed by atoms with Gasteiger partial charge in [-0.2, -0.15) is 0 Å². The molecule has 6 heteroatoms. The Morgan fingerprint density at radius 3 is 1.41 bits per heavy atom. The second-order valence-corrected chi connectivity index (χ2v) is 18.2. The molecule has 0 fully saturated rings. The van der Waals surface area contributed by atoms with Crippen LogP contribution in [0.2, 0.25) is 0 Å². The standard InChI is InChI=1S/C53H48N4O2/c1-49(2)51(5,6)58-47(56-49)44-27-24-34(31-54-44)33-23-26-40-42(29-33)53(36-17-11-9-12-18-36,37-19-13-10-14-20-37)43-30-41(38-21-15-16-22-39(38)46(40)43)35-25-28-45(55-32-35)48-57-50(3,4)52(7,8)59-48/h9-32H,1-8H3. The van der Waals surface area contributed by atoms with E-state index in [1.54, 1.807) is 0 Å². The molecule has 0 radical (unpaired) electrons. The number of aliphatic imine (C=N–C) groups is 2. The lowest BCUT2D eigenvalue weighted by molar-refractivity contribution is 0.0616. The molecule has 0 N–H and O–H groups in total. The average molecular weight is 773 g/mol. The summed E-state index contributed by atoms with van der Waals surface area (Å²) in [7, 11) is 0. The molecule has 2 aliphatic heterocycles. The predicted molar refractivity (Wildman–Crippen MR) is 239 cm³/mol. The van der Waals surface area contributed by atoms with E-state index in [0.717, 1.165) is 33.6 Å².